The number of aromatic nitrogens is 3. The SMILES string of the molecule is c1ccc2c(c1)sc1ccnc(-c3ccc4ccncc4n3)c12. The van der Waals surface area contributed by atoms with Crippen molar-refractivity contribution in [2.45, 2.75) is 0 Å². The Hall–Kier alpha value is -2.85. The quantitative estimate of drug-likeness (QED) is 0.434. The van der Waals surface area contributed by atoms with Gasteiger partial charge in [0, 0.05) is 38.0 Å². The summed E-state index contributed by atoms with van der Waals surface area (Å²) in [6, 6.07) is 16.6. The molecule has 4 heteroatoms. The van der Waals surface area contributed by atoms with Crippen molar-refractivity contribution >= 4 is 42.4 Å². The number of nitrogens with zero attached hydrogens (tertiary/aromatic N) is 3. The van der Waals surface area contributed by atoms with Crippen molar-refractivity contribution in [3.8, 4) is 11.4 Å². The smallest absolute Gasteiger partial charge is 0.0979 e. The molecule has 4 heterocycles. The highest BCUT2D eigenvalue weighted by Crippen LogP contribution is 2.38. The molecule has 5 aromatic rings. The number of pyridine rings is 3. The molecule has 0 unspecified atom stereocenters. The van der Waals surface area contributed by atoms with Crippen LogP contribution in [-0.4, -0.2) is 15.0 Å². The first-order valence-corrected chi connectivity index (χ1v) is 8.19. The van der Waals surface area contributed by atoms with Crippen LogP contribution in [0.3, 0.4) is 0 Å². The predicted octanol–water partition coefficient (Wildman–Crippen LogP) is 5.06. The molecule has 0 radical (unpaired) electrons. The van der Waals surface area contributed by atoms with Gasteiger partial charge in [0.1, 0.15) is 0 Å². The van der Waals surface area contributed by atoms with E-state index in [1.807, 2.05) is 18.3 Å². The summed E-state index contributed by atoms with van der Waals surface area (Å²) in [5.41, 5.74) is 2.72. The lowest BCUT2D eigenvalue weighted by Crippen LogP contribution is -1.89. The van der Waals surface area contributed by atoms with Crippen LogP contribution in [0.5, 0.6) is 0 Å². The summed E-state index contributed by atoms with van der Waals surface area (Å²) < 4.78 is 2.52. The number of rotatable bonds is 1. The first-order valence-electron chi connectivity index (χ1n) is 7.37. The molecule has 0 saturated heterocycles. The van der Waals surface area contributed by atoms with E-state index in [1.165, 1.54) is 20.2 Å². The third kappa shape index (κ3) is 1.92. The van der Waals surface area contributed by atoms with Gasteiger partial charge in [0.05, 0.1) is 23.1 Å². The molecular weight excluding hydrogens is 302 g/mol. The average molecular weight is 313 g/mol. The lowest BCUT2D eigenvalue weighted by Gasteiger charge is -2.04. The largest absolute Gasteiger partial charge is 0.262 e. The molecule has 5 rings (SSSR count). The predicted molar refractivity (Wildman–Crippen MR) is 95.7 cm³/mol. The van der Waals surface area contributed by atoms with Crippen molar-refractivity contribution < 1.29 is 0 Å². The Morgan fingerprint density at radius 3 is 2.78 bits per heavy atom. The van der Waals surface area contributed by atoms with Gasteiger partial charge in [0.25, 0.3) is 0 Å². The first kappa shape index (κ1) is 12.7. The van der Waals surface area contributed by atoms with Gasteiger partial charge in [-0.05, 0) is 24.3 Å². The summed E-state index contributed by atoms with van der Waals surface area (Å²) in [7, 11) is 0. The van der Waals surface area contributed by atoms with E-state index >= 15 is 0 Å². The zero-order valence-corrected chi connectivity index (χ0v) is 12.9. The molecule has 4 aromatic heterocycles. The Morgan fingerprint density at radius 1 is 0.826 bits per heavy atom. The Kier molecular flexibility index (Phi) is 2.66. The minimum atomic E-state index is 0.889. The lowest BCUT2D eigenvalue weighted by molar-refractivity contribution is 1.28. The summed E-state index contributed by atoms with van der Waals surface area (Å²) >= 11 is 1.79. The summed E-state index contributed by atoms with van der Waals surface area (Å²) in [6.45, 7) is 0. The monoisotopic (exact) mass is 313 g/mol. The van der Waals surface area contributed by atoms with Crippen LogP contribution in [0, 0.1) is 0 Å². The highest BCUT2D eigenvalue weighted by molar-refractivity contribution is 7.25. The van der Waals surface area contributed by atoms with E-state index in [1.54, 1.807) is 23.7 Å². The average Bonchev–Trinajstić information content (AvgIpc) is 3.00. The first-order chi connectivity index (χ1) is 11.4. The standard InChI is InChI=1S/C19H11N3S/c1-2-4-16-13(3-1)18-17(23-16)8-10-21-19(18)14-6-5-12-7-9-20-11-15(12)22-14/h1-11H. The van der Waals surface area contributed by atoms with Crippen LogP contribution >= 0.6 is 11.3 Å². The summed E-state index contributed by atoms with van der Waals surface area (Å²) in [4.78, 5) is 13.6. The van der Waals surface area contributed by atoms with Gasteiger partial charge in [-0.25, -0.2) is 4.98 Å². The van der Waals surface area contributed by atoms with Gasteiger partial charge >= 0.3 is 0 Å². The highest BCUT2D eigenvalue weighted by atomic mass is 32.1. The van der Waals surface area contributed by atoms with Crippen LogP contribution in [0.4, 0.5) is 0 Å². The van der Waals surface area contributed by atoms with Crippen LogP contribution in [0.25, 0.3) is 42.5 Å². The van der Waals surface area contributed by atoms with Crippen molar-refractivity contribution in [2.75, 3.05) is 0 Å². The maximum Gasteiger partial charge on any atom is 0.0979 e. The number of hydrogen-bond acceptors (Lipinski definition) is 4. The number of hydrogen-bond donors (Lipinski definition) is 0. The molecule has 0 fully saturated rings. The number of benzene rings is 1. The Morgan fingerprint density at radius 2 is 1.78 bits per heavy atom. The molecule has 1 aromatic carbocycles. The van der Waals surface area contributed by atoms with E-state index in [0.717, 1.165) is 22.3 Å². The van der Waals surface area contributed by atoms with Crippen LogP contribution in [-0.2, 0) is 0 Å². The fraction of sp³-hybridized carbons (Fsp3) is 0. The van der Waals surface area contributed by atoms with Gasteiger partial charge in [-0.2, -0.15) is 0 Å². The van der Waals surface area contributed by atoms with E-state index in [0.29, 0.717) is 0 Å². The van der Waals surface area contributed by atoms with Gasteiger partial charge in [-0.15, -0.1) is 11.3 Å². The highest BCUT2D eigenvalue weighted by Gasteiger charge is 2.13. The molecule has 0 N–H and O–H groups in total. The van der Waals surface area contributed by atoms with Crippen molar-refractivity contribution in [3.63, 3.8) is 0 Å². The fourth-order valence-corrected chi connectivity index (χ4v) is 4.06. The second-order valence-electron chi connectivity index (χ2n) is 5.40. The van der Waals surface area contributed by atoms with Crippen LogP contribution in [0.15, 0.2) is 67.1 Å². The van der Waals surface area contributed by atoms with Crippen molar-refractivity contribution in [2.24, 2.45) is 0 Å². The molecule has 3 nitrogen and oxygen atoms in total. The lowest BCUT2D eigenvalue weighted by atomic mass is 10.1. The molecule has 0 bridgehead atoms. The van der Waals surface area contributed by atoms with E-state index in [-0.39, 0.29) is 0 Å². The second-order valence-corrected chi connectivity index (χ2v) is 6.48. The number of fused-ring (bicyclic) bond motifs is 4. The molecule has 0 spiro atoms. The van der Waals surface area contributed by atoms with Crippen molar-refractivity contribution in [1.29, 1.82) is 0 Å². The molecule has 0 amide bonds. The van der Waals surface area contributed by atoms with Gasteiger partial charge in [0.15, 0.2) is 0 Å². The third-order valence-corrected chi connectivity index (χ3v) is 5.16. The van der Waals surface area contributed by atoms with Gasteiger partial charge in [-0.3, -0.25) is 9.97 Å². The van der Waals surface area contributed by atoms with Gasteiger partial charge in [0.2, 0.25) is 0 Å². The molecule has 0 aliphatic rings. The van der Waals surface area contributed by atoms with E-state index in [9.17, 15) is 0 Å². The third-order valence-electron chi connectivity index (χ3n) is 4.03. The molecule has 0 saturated carbocycles. The second kappa shape index (κ2) is 4.83. The topological polar surface area (TPSA) is 38.7 Å². The van der Waals surface area contributed by atoms with Crippen LogP contribution in [0.1, 0.15) is 0 Å². The van der Waals surface area contributed by atoms with E-state index in [2.05, 4.69) is 46.4 Å². The summed E-state index contributed by atoms with van der Waals surface area (Å²) in [6.07, 6.45) is 5.45. The fourth-order valence-electron chi connectivity index (χ4n) is 2.96. The zero-order chi connectivity index (χ0) is 15.2. The maximum atomic E-state index is 4.76. The molecule has 23 heavy (non-hydrogen) atoms. The Labute approximate surface area is 136 Å². The van der Waals surface area contributed by atoms with Crippen LogP contribution < -0.4 is 0 Å². The van der Waals surface area contributed by atoms with Crippen molar-refractivity contribution in [3.05, 3.63) is 67.1 Å². The molecule has 0 aliphatic carbocycles. The normalized spacial score (nSPS) is 11.5. The molecule has 0 aliphatic heterocycles. The van der Waals surface area contributed by atoms with E-state index in [4.69, 9.17) is 4.98 Å². The summed E-state index contributed by atoms with van der Waals surface area (Å²) in [5.74, 6) is 0. The Balaban J connectivity index is 1.87. The molecular formula is C19H11N3S. The molecule has 0 atom stereocenters. The minimum Gasteiger partial charge on any atom is -0.262 e. The minimum absolute atomic E-state index is 0.889. The van der Waals surface area contributed by atoms with Crippen molar-refractivity contribution in [1.82, 2.24) is 15.0 Å². The van der Waals surface area contributed by atoms with Gasteiger partial charge < -0.3 is 0 Å². The summed E-state index contributed by atoms with van der Waals surface area (Å²) in [5, 5.41) is 3.51. The van der Waals surface area contributed by atoms with E-state index < -0.39 is 0 Å². The number of thiophene rings is 1. The zero-order valence-electron chi connectivity index (χ0n) is 12.1. The maximum absolute atomic E-state index is 4.76. The van der Waals surface area contributed by atoms with Gasteiger partial charge in [-0.1, -0.05) is 24.3 Å². The Bertz CT molecular complexity index is 1180. The van der Waals surface area contributed by atoms with Crippen LogP contribution in [0.2, 0.25) is 0 Å². The molecule has 108 valence electrons.